The van der Waals surface area contributed by atoms with Crippen LogP contribution in [0.5, 0.6) is 5.75 Å². The van der Waals surface area contributed by atoms with Gasteiger partial charge in [0.25, 0.3) is 0 Å². The minimum Gasteiger partial charge on any atom is -0.508 e. The summed E-state index contributed by atoms with van der Waals surface area (Å²) in [5, 5.41) is 45.0. The molecule has 4 N–H and O–H groups in total. The van der Waals surface area contributed by atoms with Crippen LogP contribution >= 0.6 is 0 Å². The number of benzene rings is 1. The van der Waals surface area contributed by atoms with Gasteiger partial charge < -0.3 is 20.4 Å². The fourth-order valence-corrected chi connectivity index (χ4v) is 1.17. The summed E-state index contributed by atoms with van der Waals surface area (Å²) in [5.41, 5.74) is -0.0570. The number of nitriles is 1. The van der Waals surface area contributed by atoms with E-state index in [1.54, 1.807) is 6.07 Å². The van der Waals surface area contributed by atoms with Gasteiger partial charge >= 0.3 is 5.97 Å². The number of aliphatic hydroxyl groups is 2. The molecule has 0 aromatic heterocycles. The van der Waals surface area contributed by atoms with Crippen molar-refractivity contribution >= 4 is 5.97 Å². The summed E-state index contributed by atoms with van der Waals surface area (Å²) in [6.45, 7) is 0. The Morgan fingerprint density at radius 1 is 1.38 bits per heavy atom. The fraction of sp³-hybridized carbons (Fsp3) is 0.200. The molecule has 1 aromatic rings. The van der Waals surface area contributed by atoms with Crippen molar-refractivity contribution < 1.29 is 25.2 Å². The zero-order chi connectivity index (χ0) is 12.3. The largest absolute Gasteiger partial charge is 0.508 e. The van der Waals surface area contributed by atoms with Gasteiger partial charge in [-0.15, -0.1) is 0 Å². The molecule has 0 saturated heterocycles. The van der Waals surface area contributed by atoms with Crippen molar-refractivity contribution in [2.45, 2.75) is 12.2 Å². The highest BCUT2D eigenvalue weighted by molar-refractivity contribution is 5.73. The molecule has 16 heavy (non-hydrogen) atoms. The smallest absolute Gasteiger partial charge is 0.335 e. The summed E-state index contributed by atoms with van der Waals surface area (Å²) in [4.78, 5) is 10.4. The Hall–Kier alpha value is -2.10. The zero-order valence-corrected chi connectivity index (χ0v) is 8.03. The Labute approximate surface area is 90.6 Å². The van der Waals surface area contributed by atoms with Crippen molar-refractivity contribution in [1.82, 2.24) is 0 Å². The van der Waals surface area contributed by atoms with Crippen LogP contribution in [0.15, 0.2) is 18.2 Å². The first kappa shape index (κ1) is 12.0. The molecule has 0 fully saturated rings. The van der Waals surface area contributed by atoms with E-state index in [1.807, 2.05) is 0 Å². The molecule has 0 aliphatic carbocycles. The van der Waals surface area contributed by atoms with Gasteiger partial charge in [-0.25, -0.2) is 4.79 Å². The van der Waals surface area contributed by atoms with Crippen molar-refractivity contribution in [3.05, 3.63) is 29.3 Å². The number of rotatable bonds is 3. The van der Waals surface area contributed by atoms with Crippen LogP contribution in [0.4, 0.5) is 0 Å². The Morgan fingerprint density at radius 2 is 2.00 bits per heavy atom. The topological polar surface area (TPSA) is 122 Å². The highest BCUT2D eigenvalue weighted by atomic mass is 16.4. The highest BCUT2D eigenvalue weighted by Crippen LogP contribution is 2.27. The lowest BCUT2D eigenvalue weighted by molar-refractivity contribution is -0.153. The Bertz CT molecular complexity index is 451. The number of hydrogen-bond donors (Lipinski definition) is 4. The summed E-state index contributed by atoms with van der Waals surface area (Å²) in [7, 11) is 0. The quantitative estimate of drug-likeness (QED) is 0.560. The van der Waals surface area contributed by atoms with Gasteiger partial charge in [0.15, 0.2) is 6.10 Å². The van der Waals surface area contributed by atoms with Gasteiger partial charge in [-0.05, 0) is 18.2 Å². The van der Waals surface area contributed by atoms with Crippen molar-refractivity contribution in [1.29, 1.82) is 5.26 Å². The number of carboxylic acid groups (broad SMARTS) is 1. The molecule has 0 saturated carbocycles. The van der Waals surface area contributed by atoms with E-state index in [2.05, 4.69) is 0 Å². The second-order valence-electron chi connectivity index (χ2n) is 3.11. The molecule has 6 heteroatoms. The van der Waals surface area contributed by atoms with Gasteiger partial charge in [-0.2, -0.15) is 5.26 Å². The fourth-order valence-electron chi connectivity index (χ4n) is 1.17. The first-order chi connectivity index (χ1) is 7.47. The zero-order valence-electron chi connectivity index (χ0n) is 8.03. The van der Waals surface area contributed by atoms with E-state index >= 15 is 0 Å². The molecule has 0 spiro atoms. The van der Waals surface area contributed by atoms with Crippen LogP contribution < -0.4 is 0 Å². The van der Waals surface area contributed by atoms with Crippen LogP contribution in [-0.2, 0) is 4.79 Å². The number of aliphatic carboxylic acids is 1. The van der Waals surface area contributed by atoms with Gasteiger partial charge in [0, 0.05) is 5.56 Å². The summed E-state index contributed by atoms with van der Waals surface area (Å²) in [5.74, 6) is -2.00. The first-order valence-corrected chi connectivity index (χ1v) is 4.29. The van der Waals surface area contributed by atoms with Gasteiger partial charge in [-0.3, -0.25) is 0 Å². The number of aliphatic hydroxyl groups excluding tert-OH is 2. The van der Waals surface area contributed by atoms with Crippen LogP contribution in [0.2, 0.25) is 0 Å². The van der Waals surface area contributed by atoms with Gasteiger partial charge in [0.1, 0.15) is 11.9 Å². The predicted octanol–water partition coefficient (Wildman–Crippen LogP) is -0.257. The van der Waals surface area contributed by atoms with Crippen LogP contribution in [0.3, 0.4) is 0 Å². The molecule has 0 aliphatic rings. The summed E-state index contributed by atoms with van der Waals surface area (Å²) in [6.07, 6.45) is -3.84. The van der Waals surface area contributed by atoms with Crippen LogP contribution in [0.1, 0.15) is 17.2 Å². The Kier molecular flexibility index (Phi) is 3.45. The van der Waals surface area contributed by atoms with Crippen molar-refractivity contribution in [2.24, 2.45) is 0 Å². The molecule has 6 nitrogen and oxygen atoms in total. The predicted molar refractivity (Wildman–Crippen MR) is 51.4 cm³/mol. The van der Waals surface area contributed by atoms with E-state index in [9.17, 15) is 15.0 Å². The van der Waals surface area contributed by atoms with Crippen LogP contribution in [0.25, 0.3) is 0 Å². The van der Waals surface area contributed by atoms with E-state index in [0.29, 0.717) is 0 Å². The standard InChI is InChI=1S/C10H9NO5/c11-4-5-1-2-7(12)6(3-5)8(13)9(14)10(15)16/h1-3,8-9,12-14H,(H,15,16). The van der Waals surface area contributed by atoms with Crippen LogP contribution in [0, 0.1) is 11.3 Å². The Morgan fingerprint density at radius 3 is 2.50 bits per heavy atom. The minimum absolute atomic E-state index is 0.143. The lowest BCUT2D eigenvalue weighted by atomic mass is 10.0. The molecule has 2 atom stereocenters. The molecule has 2 unspecified atom stereocenters. The molecule has 0 amide bonds. The first-order valence-electron chi connectivity index (χ1n) is 4.29. The normalized spacial score (nSPS) is 13.8. The van der Waals surface area contributed by atoms with Crippen molar-refractivity contribution in [3.8, 4) is 11.8 Å². The van der Waals surface area contributed by atoms with E-state index in [1.165, 1.54) is 6.07 Å². The Balaban J connectivity index is 3.12. The summed E-state index contributed by atoms with van der Waals surface area (Å²) >= 11 is 0. The number of nitrogens with zero attached hydrogens (tertiary/aromatic N) is 1. The third-order valence-corrected chi connectivity index (χ3v) is 2.03. The summed E-state index contributed by atoms with van der Waals surface area (Å²) < 4.78 is 0. The number of phenolic OH excluding ortho intramolecular Hbond substituents is 1. The second-order valence-corrected chi connectivity index (χ2v) is 3.11. The molecule has 0 radical (unpaired) electrons. The molecular formula is C10H9NO5. The second kappa shape index (κ2) is 4.61. The monoisotopic (exact) mass is 223 g/mol. The van der Waals surface area contributed by atoms with Crippen molar-refractivity contribution in [3.63, 3.8) is 0 Å². The van der Waals surface area contributed by atoms with Crippen molar-refractivity contribution in [2.75, 3.05) is 0 Å². The highest BCUT2D eigenvalue weighted by Gasteiger charge is 2.27. The molecule has 1 rings (SSSR count). The maximum absolute atomic E-state index is 10.4. The average Bonchev–Trinajstić information content (AvgIpc) is 2.27. The molecule has 84 valence electrons. The molecular weight excluding hydrogens is 214 g/mol. The molecule has 0 heterocycles. The maximum Gasteiger partial charge on any atom is 0.335 e. The van der Waals surface area contributed by atoms with E-state index in [-0.39, 0.29) is 16.9 Å². The minimum atomic E-state index is -2.06. The van der Waals surface area contributed by atoms with Gasteiger partial charge in [0.2, 0.25) is 0 Å². The number of phenols is 1. The molecule has 1 aromatic carbocycles. The molecule has 0 aliphatic heterocycles. The van der Waals surface area contributed by atoms with Crippen LogP contribution in [-0.4, -0.2) is 32.5 Å². The lowest BCUT2D eigenvalue weighted by Crippen LogP contribution is -2.27. The van der Waals surface area contributed by atoms with Gasteiger partial charge in [-0.1, -0.05) is 0 Å². The SMILES string of the molecule is N#Cc1ccc(O)c(C(O)C(O)C(=O)O)c1. The number of aromatic hydroxyl groups is 1. The lowest BCUT2D eigenvalue weighted by Gasteiger charge is -2.15. The van der Waals surface area contributed by atoms with E-state index in [4.69, 9.17) is 15.5 Å². The average molecular weight is 223 g/mol. The molecule has 0 bridgehead atoms. The van der Waals surface area contributed by atoms with E-state index < -0.39 is 18.2 Å². The van der Waals surface area contributed by atoms with E-state index in [0.717, 1.165) is 12.1 Å². The number of hydrogen-bond acceptors (Lipinski definition) is 5. The number of carbonyl (C=O) groups is 1. The maximum atomic E-state index is 10.4. The third-order valence-electron chi connectivity index (χ3n) is 2.03. The summed E-state index contributed by atoms with van der Waals surface area (Å²) in [6, 6.07) is 5.33. The third kappa shape index (κ3) is 2.28. The van der Waals surface area contributed by atoms with Gasteiger partial charge in [0.05, 0.1) is 11.6 Å². The number of carboxylic acids is 1.